The molecule has 0 radical (unpaired) electrons. The van der Waals surface area contributed by atoms with Gasteiger partial charge in [-0.15, -0.1) is 11.3 Å². The molecule has 2 aromatic rings. The van der Waals surface area contributed by atoms with Crippen molar-refractivity contribution < 1.29 is 9.28 Å². The molecule has 0 N–H and O–H groups in total. The molecule has 2 aromatic heterocycles. The molecule has 132 valence electrons. The number of amides is 1. The molecule has 2 saturated heterocycles. The van der Waals surface area contributed by atoms with Gasteiger partial charge in [-0.2, -0.15) is 0 Å². The number of piperidine rings is 1. The number of hydrogen-bond acceptors (Lipinski definition) is 5. The highest BCUT2D eigenvalue weighted by molar-refractivity contribution is 7.17. The lowest BCUT2D eigenvalue weighted by atomic mass is 9.71. The number of carbonyl (C=O) groups excluding carboxylic acids is 1. The molecule has 0 saturated carbocycles. The fourth-order valence-corrected chi connectivity index (χ4v) is 6.32. The van der Waals surface area contributed by atoms with E-state index in [0.29, 0.717) is 4.48 Å². The van der Waals surface area contributed by atoms with Gasteiger partial charge in [0.25, 0.3) is 0 Å². The molecular formula is C19H25N4OS+. The number of aromatic nitrogens is 3. The van der Waals surface area contributed by atoms with Crippen LogP contribution in [0.5, 0.6) is 0 Å². The van der Waals surface area contributed by atoms with Crippen molar-refractivity contribution in [2.24, 2.45) is 10.8 Å². The highest BCUT2D eigenvalue weighted by Gasteiger charge is 2.59. The summed E-state index contributed by atoms with van der Waals surface area (Å²) in [6.07, 6.45) is 7.36. The lowest BCUT2D eigenvalue weighted by Gasteiger charge is -2.45. The van der Waals surface area contributed by atoms with Gasteiger partial charge < -0.3 is 0 Å². The third kappa shape index (κ3) is 2.81. The summed E-state index contributed by atoms with van der Waals surface area (Å²) in [6.45, 7) is 11.8. The van der Waals surface area contributed by atoms with E-state index in [2.05, 4.69) is 35.7 Å². The number of nitrogens with zero attached hydrogens (tertiary/aromatic N) is 4. The average molecular weight is 358 g/mol. The van der Waals surface area contributed by atoms with Crippen molar-refractivity contribution in [3.63, 3.8) is 0 Å². The summed E-state index contributed by atoms with van der Waals surface area (Å²) >= 11 is 1.47. The van der Waals surface area contributed by atoms with E-state index in [-0.39, 0.29) is 16.7 Å². The van der Waals surface area contributed by atoms with Gasteiger partial charge in [-0.05, 0) is 13.3 Å². The van der Waals surface area contributed by atoms with Gasteiger partial charge in [-0.3, -0.25) is 14.5 Å². The molecule has 6 heteroatoms. The number of thiazole rings is 1. The molecule has 5 nitrogen and oxygen atoms in total. The smallest absolute Gasteiger partial charge is 0.261 e. The molecule has 0 aromatic carbocycles. The second-order valence-corrected chi connectivity index (χ2v) is 9.92. The Labute approximate surface area is 152 Å². The Bertz CT molecular complexity index is 831. The van der Waals surface area contributed by atoms with Crippen LogP contribution in [0.3, 0.4) is 0 Å². The van der Waals surface area contributed by atoms with E-state index in [1.165, 1.54) is 17.8 Å². The molecule has 4 rings (SSSR count). The maximum atomic E-state index is 13.6. The van der Waals surface area contributed by atoms with Crippen LogP contribution in [0.15, 0.2) is 18.6 Å². The normalized spacial score (nSPS) is 30.4. The Morgan fingerprint density at radius 3 is 2.76 bits per heavy atom. The maximum absolute atomic E-state index is 13.6. The highest BCUT2D eigenvalue weighted by Crippen LogP contribution is 2.51. The van der Waals surface area contributed by atoms with Crippen molar-refractivity contribution in [3.05, 3.63) is 29.2 Å². The summed E-state index contributed by atoms with van der Waals surface area (Å²) in [6, 6.07) is 0. The Hall–Kier alpha value is -1.66. The standard InChI is InChI=1S/C19H25N4OS/c1-13-15(25-16(22-13)14-9-20-6-7-21-14)17(24)23-8-5-19(4,12-23)10-18(2,3)11-23/h6-7,9H,5,8,10-12H2,1-4H3/q+1. The second-order valence-electron chi connectivity index (χ2n) is 8.92. The summed E-state index contributed by atoms with van der Waals surface area (Å²) in [4.78, 5) is 27.4. The molecule has 2 fully saturated rings. The topological polar surface area (TPSA) is 55.7 Å². The SMILES string of the molecule is Cc1nc(-c2cnccn2)sc1C(=O)[N+]12CCC(C)(CC(C)(C)C1)C2. The number of carbonyl (C=O) groups is 1. The molecule has 2 bridgehead atoms. The third-order valence-corrected chi connectivity index (χ3v) is 6.84. The van der Waals surface area contributed by atoms with Gasteiger partial charge in [-0.1, -0.05) is 20.8 Å². The van der Waals surface area contributed by atoms with Crippen molar-refractivity contribution >= 4 is 17.2 Å². The zero-order valence-corrected chi connectivity index (χ0v) is 16.2. The van der Waals surface area contributed by atoms with Gasteiger partial charge >= 0.3 is 5.91 Å². The van der Waals surface area contributed by atoms with Crippen LogP contribution in [-0.2, 0) is 0 Å². The van der Waals surface area contributed by atoms with Crippen LogP contribution in [0.4, 0.5) is 0 Å². The van der Waals surface area contributed by atoms with Crippen molar-refractivity contribution in [1.29, 1.82) is 0 Å². The summed E-state index contributed by atoms with van der Waals surface area (Å²) in [5.41, 5.74) is 2.04. The summed E-state index contributed by atoms with van der Waals surface area (Å²) in [5.74, 6) is 0.252. The largest absolute Gasteiger partial charge is 0.357 e. The molecule has 2 aliphatic heterocycles. The van der Waals surface area contributed by atoms with Gasteiger partial charge in [0, 0.05) is 29.6 Å². The number of rotatable bonds is 2. The first kappa shape index (κ1) is 16.8. The van der Waals surface area contributed by atoms with Crippen LogP contribution >= 0.6 is 11.3 Å². The Balaban J connectivity index is 1.71. The number of hydrogen-bond donors (Lipinski definition) is 0. The lowest BCUT2D eigenvalue weighted by molar-refractivity contribution is -0.851. The van der Waals surface area contributed by atoms with Crippen molar-refractivity contribution in [2.75, 3.05) is 19.6 Å². The molecule has 2 aliphatic rings. The van der Waals surface area contributed by atoms with Gasteiger partial charge in [0.2, 0.25) is 0 Å². The fraction of sp³-hybridized carbons (Fsp3) is 0.579. The van der Waals surface area contributed by atoms with Gasteiger partial charge in [0.05, 0.1) is 31.5 Å². The van der Waals surface area contributed by atoms with E-state index in [0.717, 1.165) is 47.3 Å². The fourth-order valence-electron chi connectivity index (χ4n) is 5.26. The first-order chi connectivity index (χ1) is 11.7. The van der Waals surface area contributed by atoms with Crippen LogP contribution in [0.2, 0.25) is 0 Å². The van der Waals surface area contributed by atoms with Crippen molar-refractivity contribution in [3.8, 4) is 10.7 Å². The molecule has 4 heterocycles. The predicted molar refractivity (Wildman–Crippen MR) is 98.2 cm³/mol. The summed E-state index contributed by atoms with van der Waals surface area (Å²) < 4.78 is 0.590. The second kappa shape index (κ2) is 5.42. The molecule has 0 aliphatic carbocycles. The minimum absolute atomic E-state index is 0.200. The Morgan fingerprint density at radius 1 is 1.24 bits per heavy atom. The van der Waals surface area contributed by atoms with Crippen LogP contribution in [0.1, 0.15) is 49.0 Å². The number of aryl methyl sites for hydroxylation is 1. The molecule has 1 amide bonds. The van der Waals surface area contributed by atoms with Gasteiger partial charge in [-0.25, -0.2) is 9.78 Å². The average Bonchev–Trinajstić information content (AvgIpc) is 3.05. The Morgan fingerprint density at radius 2 is 2.04 bits per heavy atom. The molecule has 0 spiro atoms. The molecular weight excluding hydrogens is 332 g/mol. The van der Waals surface area contributed by atoms with E-state index in [1.54, 1.807) is 18.6 Å². The number of fused-ring (bicyclic) bond motifs is 2. The predicted octanol–water partition coefficient (Wildman–Crippen LogP) is 3.71. The van der Waals surface area contributed by atoms with E-state index in [9.17, 15) is 4.79 Å². The van der Waals surface area contributed by atoms with Crippen LogP contribution < -0.4 is 0 Å². The van der Waals surface area contributed by atoms with E-state index in [4.69, 9.17) is 0 Å². The zero-order valence-electron chi connectivity index (χ0n) is 15.4. The van der Waals surface area contributed by atoms with E-state index in [1.807, 2.05) is 6.92 Å². The zero-order chi connectivity index (χ0) is 17.9. The first-order valence-electron chi connectivity index (χ1n) is 8.87. The highest BCUT2D eigenvalue weighted by atomic mass is 32.1. The first-order valence-corrected chi connectivity index (χ1v) is 9.69. The molecule has 2 unspecified atom stereocenters. The monoisotopic (exact) mass is 357 g/mol. The van der Waals surface area contributed by atoms with Crippen molar-refractivity contribution in [2.45, 2.75) is 40.5 Å². The number of quaternary nitrogens is 1. The summed E-state index contributed by atoms with van der Waals surface area (Å²) in [5, 5.41) is 0.783. The lowest BCUT2D eigenvalue weighted by Crippen LogP contribution is -2.59. The van der Waals surface area contributed by atoms with Crippen LogP contribution in [0, 0.1) is 17.8 Å². The minimum Gasteiger partial charge on any atom is -0.261 e. The van der Waals surface area contributed by atoms with Gasteiger partial charge in [0.1, 0.15) is 10.7 Å². The third-order valence-electron chi connectivity index (χ3n) is 5.67. The minimum atomic E-state index is 0.200. The maximum Gasteiger partial charge on any atom is 0.357 e. The Kier molecular flexibility index (Phi) is 3.64. The molecule has 25 heavy (non-hydrogen) atoms. The van der Waals surface area contributed by atoms with E-state index < -0.39 is 0 Å². The van der Waals surface area contributed by atoms with Crippen LogP contribution in [0.25, 0.3) is 10.7 Å². The van der Waals surface area contributed by atoms with Crippen LogP contribution in [-0.4, -0.2) is 45.0 Å². The summed E-state index contributed by atoms with van der Waals surface area (Å²) in [7, 11) is 0. The quantitative estimate of drug-likeness (QED) is 0.769. The van der Waals surface area contributed by atoms with E-state index >= 15 is 0 Å². The van der Waals surface area contributed by atoms with Gasteiger partial charge in [0.15, 0.2) is 4.88 Å². The van der Waals surface area contributed by atoms with Crippen molar-refractivity contribution in [1.82, 2.24) is 15.0 Å². The molecule has 2 atom stereocenters.